The number of hydrogen-bond donors (Lipinski definition) is 0. The Labute approximate surface area is 207 Å². The lowest BCUT2D eigenvalue weighted by Crippen LogP contribution is -2.46. The number of imide groups is 1. The lowest BCUT2D eigenvalue weighted by Gasteiger charge is -2.24. The summed E-state index contributed by atoms with van der Waals surface area (Å²) < 4.78 is 29.2. The quantitative estimate of drug-likeness (QED) is 0.268. The number of halogens is 3. The summed E-state index contributed by atoms with van der Waals surface area (Å²) in [5.74, 6) is -3.79. The Morgan fingerprint density at radius 2 is 1.55 bits per heavy atom. The molecule has 0 saturated carbocycles. The van der Waals surface area contributed by atoms with Gasteiger partial charge < -0.3 is 4.74 Å². The molecule has 0 fully saturated rings. The van der Waals surface area contributed by atoms with Crippen molar-refractivity contribution in [2.75, 3.05) is 18.6 Å². The van der Waals surface area contributed by atoms with Crippen molar-refractivity contribution >= 4 is 72.5 Å². The summed E-state index contributed by atoms with van der Waals surface area (Å²) in [6.45, 7) is -0.656. The van der Waals surface area contributed by atoms with Crippen LogP contribution in [0, 0.1) is 0 Å². The van der Waals surface area contributed by atoms with Gasteiger partial charge in [-0.15, -0.1) is 0 Å². The Kier molecular flexibility index (Phi) is 7.62. The van der Waals surface area contributed by atoms with E-state index in [1.165, 1.54) is 24.3 Å². The predicted molar refractivity (Wildman–Crippen MR) is 125 cm³/mol. The molecule has 2 aromatic rings. The van der Waals surface area contributed by atoms with Gasteiger partial charge in [-0.2, -0.15) is 0 Å². The molecule has 0 unspecified atom stereocenters. The normalized spacial score (nSPS) is 14.2. The zero-order valence-electron chi connectivity index (χ0n) is 17.0. The van der Waals surface area contributed by atoms with Crippen LogP contribution in [0.5, 0.6) is 0 Å². The highest BCUT2D eigenvalue weighted by Gasteiger charge is 2.44. The predicted octanol–water partition coefficient (Wildman–Crippen LogP) is 3.58. The van der Waals surface area contributed by atoms with Crippen molar-refractivity contribution in [3.05, 3.63) is 67.6 Å². The van der Waals surface area contributed by atoms with E-state index in [1.807, 2.05) is 0 Å². The second-order valence-electron chi connectivity index (χ2n) is 7.26. The van der Waals surface area contributed by atoms with Gasteiger partial charge in [0.05, 0.1) is 26.9 Å². The van der Waals surface area contributed by atoms with E-state index in [0.717, 1.165) is 10.7 Å². The summed E-state index contributed by atoms with van der Waals surface area (Å²) in [7, 11) is -3.55. The third-order valence-electron chi connectivity index (χ3n) is 4.82. The monoisotopic (exact) mass is 575 g/mol. The molecule has 174 valence electrons. The molecule has 1 aliphatic rings. The number of esters is 1. The lowest BCUT2D eigenvalue weighted by atomic mass is 10.1. The van der Waals surface area contributed by atoms with Crippen LogP contribution in [0.4, 0.5) is 0 Å². The van der Waals surface area contributed by atoms with Crippen LogP contribution in [0.2, 0.25) is 10.0 Å². The molecule has 0 N–H and O–H groups in total. The van der Waals surface area contributed by atoms with Crippen LogP contribution in [0.15, 0.2) is 40.9 Å². The highest BCUT2D eigenvalue weighted by Crippen LogP contribution is 2.33. The molecule has 1 aliphatic heterocycles. The fourth-order valence-corrected chi connectivity index (χ4v) is 4.41. The van der Waals surface area contributed by atoms with Crippen molar-refractivity contribution < 1.29 is 32.3 Å². The van der Waals surface area contributed by atoms with E-state index >= 15 is 0 Å². The number of ether oxygens (including phenoxy) is 1. The minimum Gasteiger partial charge on any atom is -0.456 e. The number of carbonyl (C=O) groups is 4. The SMILES string of the molecule is CS(=O)(=O)CC[C@H](C(=O)OCC(=O)c1ccc(Br)cc1)N1C(=O)c2cc(Cl)c(Cl)cc2C1=O. The van der Waals surface area contributed by atoms with E-state index < -0.39 is 58.2 Å². The van der Waals surface area contributed by atoms with Crippen LogP contribution < -0.4 is 0 Å². The topological polar surface area (TPSA) is 115 Å². The van der Waals surface area contributed by atoms with Crippen molar-refractivity contribution in [3.63, 3.8) is 0 Å². The average molecular weight is 577 g/mol. The molecule has 12 heteroatoms. The zero-order valence-corrected chi connectivity index (χ0v) is 20.9. The molecule has 1 atom stereocenters. The van der Waals surface area contributed by atoms with Crippen LogP contribution in [-0.2, 0) is 19.4 Å². The largest absolute Gasteiger partial charge is 0.456 e. The maximum absolute atomic E-state index is 12.9. The van der Waals surface area contributed by atoms with Crippen LogP contribution >= 0.6 is 39.1 Å². The fraction of sp³-hybridized carbons (Fsp3) is 0.238. The molecular formula is C21H16BrCl2NO7S. The van der Waals surface area contributed by atoms with Gasteiger partial charge in [0.15, 0.2) is 12.4 Å². The molecule has 0 saturated heterocycles. The van der Waals surface area contributed by atoms with Gasteiger partial charge in [-0.05, 0) is 30.7 Å². The average Bonchev–Trinajstić information content (AvgIpc) is 2.97. The second-order valence-corrected chi connectivity index (χ2v) is 11.3. The maximum atomic E-state index is 12.9. The van der Waals surface area contributed by atoms with Crippen molar-refractivity contribution in [2.24, 2.45) is 0 Å². The van der Waals surface area contributed by atoms with Gasteiger partial charge in [0.1, 0.15) is 15.9 Å². The zero-order chi connectivity index (χ0) is 24.5. The number of benzene rings is 2. The number of Topliss-reactive ketones (excluding diaryl/α,β-unsaturated/α-hetero) is 1. The summed E-state index contributed by atoms with van der Waals surface area (Å²) in [6, 6.07) is 7.17. The first-order valence-corrected chi connectivity index (χ1v) is 13.0. The number of carbonyl (C=O) groups excluding carboxylic acids is 4. The van der Waals surface area contributed by atoms with E-state index in [-0.39, 0.29) is 26.7 Å². The van der Waals surface area contributed by atoms with Gasteiger partial charge in [0.2, 0.25) is 0 Å². The van der Waals surface area contributed by atoms with E-state index in [2.05, 4.69) is 15.9 Å². The van der Waals surface area contributed by atoms with Crippen LogP contribution in [0.25, 0.3) is 0 Å². The van der Waals surface area contributed by atoms with Gasteiger partial charge in [-0.1, -0.05) is 51.3 Å². The van der Waals surface area contributed by atoms with Crippen molar-refractivity contribution in [2.45, 2.75) is 12.5 Å². The number of nitrogens with zero attached hydrogens (tertiary/aromatic N) is 1. The summed E-state index contributed by atoms with van der Waals surface area (Å²) in [5.41, 5.74) is 0.138. The summed E-state index contributed by atoms with van der Waals surface area (Å²) in [5, 5.41) is 0.0718. The summed E-state index contributed by atoms with van der Waals surface area (Å²) >= 11 is 15.1. The summed E-state index contributed by atoms with van der Waals surface area (Å²) in [4.78, 5) is 51.6. The molecule has 2 aromatic carbocycles. The Bertz CT molecular complexity index is 1220. The van der Waals surface area contributed by atoms with Gasteiger partial charge in [0.25, 0.3) is 11.8 Å². The highest BCUT2D eigenvalue weighted by molar-refractivity contribution is 9.10. The Balaban J connectivity index is 1.84. The van der Waals surface area contributed by atoms with Gasteiger partial charge in [0, 0.05) is 16.3 Å². The first-order chi connectivity index (χ1) is 15.4. The lowest BCUT2D eigenvalue weighted by molar-refractivity contribution is -0.147. The van der Waals surface area contributed by atoms with E-state index in [4.69, 9.17) is 27.9 Å². The van der Waals surface area contributed by atoms with Crippen LogP contribution in [0.3, 0.4) is 0 Å². The minimum atomic E-state index is -3.55. The van der Waals surface area contributed by atoms with Gasteiger partial charge in [-0.3, -0.25) is 19.3 Å². The standard InChI is InChI=1S/C21H16BrCl2NO7S/c1-33(30,31)7-6-17(21(29)32-10-18(26)11-2-4-12(22)5-3-11)25-19(27)13-8-15(23)16(24)9-14(13)20(25)28/h2-5,8-9,17H,6-7,10H2,1H3/t17-/m1/s1. The third kappa shape index (κ3) is 5.81. The van der Waals surface area contributed by atoms with E-state index in [1.54, 1.807) is 12.1 Å². The Morgan fingerprint density at radius 3 is 2.03 bits per heavy atom. The van der Waals surface area contributed by atoms with Gasteiger partial charge in [-0.25, -0.2) is 13.2 Å². The number of ketones is 1. The van der Waals surface area contributed by atoms with Crippen molar-refractivity contribution in [3.8, 4) is 0 Å². The fourth-order valence-electron chi connectivity index (χ4n) is 3.17. The van der Waals surface area contributed by atoms with Crippen LogP contribution in [0.1, 0.15) is 37.5 Å². The molecule has 0 bridgehead atoms. The maximum Gasteiger partial charge on any atom is 0.329 e. The number of rotatable bonds is 8. The van der Waals surface area contributed by atoms with Gasteiger partial charge >= 0.3 is 5.97 Å². The molecule has 1 heterocycles. The first-order valence-electron chi connectivity index (χ1n) is 9.39. The molecule has 0 aromatic heterocycles. The molecule has 3 rings (SSSR count). The number of amides is 2. The van der Waals surface area contributed by atoms with Crippen LogP contribution in [-0.4, -0.2) is 61.5 Å². The number of sulfone groups is 1. The van der Waals surface area contributed by atoms with Crippen molar-refractivity contribution in [1.29, 1.82) is 0 Å². The molecule has 0 radical (unpaired) electrons. The minimum absolute atomic E-state index is 0.0359. The first kappa shape index (κ1) is 25.4. The number of fused-ring (bicyclic) bond motifs is 1. The molecule has 33 heavy (non-hydrogen) atoms. The Morgan fingerprint density at radius 1 is 1.03 bits per heavy atom. The van der Waals surface area contributed by atoms with E-state index in [0.29, 0.717) is 4.90 Å². The molecule has 0 aliphatic carbocycles. The molecule has 2 amide bonds. The third-order valence-corrected chi connectivity index (χ3v) is 7.04. The number of hydrogen-bond acceptors (Lipinski definition) is 7. The second kappa shape index (κ2) is 9.92. The molecule has 0 spiro atoms. The van der Waals surface area contributed by atoms with Crippen molar-refractivity contribution in [1.82, 2.24) is 4.90 Å². The summed E-state index contributed by atoms with van der Waals surface area (Å²) in [6.07, 6.45) is 0.547. The molecular weight excluding hydrogens is 561 g/mol. The smallest absolute Gasteiger partial charge is 0.329 e. The van der Waals surface area contributed by atoms with E-state index in [9.17, 15) is 27.6 Å². The highest BCUT2D eigenvalue weighted by atomic mass is 79.9. The molecule has 8 nitrogen and oxygen atoms in total. The Hall–Kier alpha value is -2.27.